The molecule has 0 radical (unpaired) electrons. The van der Waals surface area contributed by atoms with E-state index in [4.69, 9.17) is 9.47 Å². The number of hydrogen-bond donors (Lipinski definition) is 0. The maximum Gasteiger partial charge on any atom is 0.202 e. The van der Waals surface area contributed by atoms with Crippen LogP contribution in [-0.4, -0.2) is 29.9 Å². The van der Waals surface area contributed by atoms with E-state index in [-0.39, 0.29) is 24.2 Å². The fourth-order valence-corrected chi connectivity index (χ4v) is 3.76. The van der Waals surface area contributed by atoms with Gasteiger partial charge in [0.15, 0.2) is 23.9 Å². The number of carbonyl (C=O) groups excluding carboxylic acids is 2. The van der Waals surface area contributed by atoms with Gasteiger partial charge in [0.05, 0.1) is 13.2 Å². The lowest BCUT2D eigenvalue weighted by Crippen LogP contribution is -2.15. The van der Waals surface area contributed by atoms with Gasteiger partial charge < -0.3 is 14.0 Å². The molecule has 0 saturated carbocycles. The summed E-state index contributed by atoms with van der Waals surface area (Å²) in [6.45, 7) is 7.47. The highest BCUT2D eigenvalue weighted by molar-refractivity contribution is 5.98. The van der Waals surface area contributed by atoms with Crippen LogP contribution >= 0.6 is 0 Å². The maximum atomic E-state index is 12.9. The lowest BCUT2D eigenvalue weighted by molar-refractivity contribution is 0.0917. The van der Waals surface area contributed by atoms with E-state index in [2.05, 4.69) is 23.6 Å². The van der Waals surface area contributed by atoms with Crippen molar-refractivity contribution in [3.8, 4) is 11.5 Å². The van der Waals surface area contributed by atoms with Crippen LogP contribution in [-0.2, 0) is 0 Å². The third-order valence-electron chi connectivity index (χ3n) is 5.38. The Hall–Kier alpha value is -3.34. The van der Waals surface area contributed by atoms with E-state index in [9.17, 15) is 9.59 Å². The van der Waals surface area contributed by atoms with Crippen molar-refractivity contribution in [2.24, 2.45) is 0 Å². The number of aryl methyl sites for hydroxylation is 1. The Morgan fingerprint density at radius 1 is 1.00 bits per heavy atom. The number of ketones is 2. The molecule has 1 aromatic heterocycles. The number of benzene rings is 2. The van der Waals surface area contributed by atoms with E-state index in [0.29, 0.717) is 22.6 Å². The molecule has 5 heteroatoms. The molecule has 0 spiro atoms. The smallest absolute Gasteiger partial charge is 0.202 e. The normalized spacial score (nSPS) is 11.8. The Morgan fingerprint density at radius 2 is 1.70 bits per heavy atom. The van der Waals surface area contributed by atoms with Gasteiger partial charge in [-0.1, -0.05) is 30.3 Å². The van der Waals surface area contributed by atoms with E-state index in [1.165, 1.54) is 19.6 Å². The lowest BCUT2D eigenvalue weighted by Gasteiger charge is -2.19. The standard InChI is InChI=1S/C25H27NO4/c1-16-13-22(18(3)26(16)17(2)20-9-7-6-8-10-20)23(28)15-30-24-12-11-21(19(4)27)14-25(24)29-5/h6-14,17H,15H2,1-5H3. The van der Waals surface area contributed by atoms with E-state index in [1.54, 1.807) is 18.2 Å². The molecular formula is C25H27NO4. The van der Waals surface area contributed by atoms with Crippen molar-refractivity contribution < 1.29 is 19.1 Å². The Kier molecular flexibility index (Phi) is 6.40. The number of carbonyl (C=O) groups is 2. The number of nitrogens with zero attached hydrogens (tertiary/aromatic N) is 1. The molecule has 3 rings (SSSR count). The van der Waals surface area contributed by atoms with Crippen LogP contribution in [0.15, 0.2) is 54.6 Å². The van der Waals surface area contributed by atoms with Crippen molar-refractivity contribution in [3.05, 3.63) is 82.7 Å². The molecule has 0 aliphatic heterocycles. The van der Waals surface area contributed by atoms with Crippen molar-refractivity contribution in [1.29, 1.82) is 0 Å². The first-order valence-electron chi connectivity index (χ1n) is 9.91. The number of rotatable bonds is 8. The van der Waals surface area contributed by atoms with Crippen molar-refractivity contribution in [3.63, 3.8) is 0 Å². The molecule has 5 nitrogen and oxygen atoms in total. The number of hydrogen-bond acceptors (Lipinski definition) is 4. The molecule has 0 N–H and O–H groups in total. The minimum atomic E-state index is -0.111. The fourth-order valence-electron chi connectivity index (χ4n) is 3.76. The van der Waals surface area contributed by atoms with Crippen LogP contribution in [0.2, 0.25) is 0 Å². The van der Waals surface area contributed by atoms with Crippen LogP contribution in [0.1, 0.15) is 57.6 Å². The zero-order valence-corrected chi connectivity index (χ0v) is 18.1. The summed E-state index contributed by atoms with van der Waals surface area (Å²) < 4.78 is 13.2. The van der Waals surface area contributed by atoms with Gasteiger partial charge >= 0.3 is 0 Å². The maximum absolute atomic E-state index is 12.9. The summed E-state index contributed by atoms with van der Waals surface area (Å²) in [5.41, 5.74) is 4.30. The third-order valence-corrected chi connectivity index (χ3v) is 5.38. The molecule has 3 aromatic rings. The van der Waals surface area contributed by atoms with Gasteiger partial charge in [-0.2, -0.15) is 0 Å². The molecule has 1 unspecified atom stereocenters. The third kappa shape index (κ3) is 4.30. The van der Waals surface area contributed by atoms with Crippen LogP contribution < -0.4 is 9.47 Å². The summed E-state index contributed by atoms with van der Waals surface area (Å²) in [7, 11) is 1.51. The lowest BCUT2D eigenvalue weighted by atomic mass is 10.1. The molecule has 2 aromatic carbocycles. The van der Waals surface area contributed by atoms with Crippen molar-refractivity contribution in [2.45, 2.75) is 33.7 Å². The molecule has 30 heavy (non-hydrogen) atoms. The molecule has 1 atom stereocenters. The second-order valence-corrected chi connectivity index (χ2v) is 7.38. The predicted molar refractivity (Wildman–Crippen MR) is 117 cm³/mol. The zero-order valence-electron chi connectivity index (χ0n) is 18.1. The highest BCUT2D eigenvalue weighted by atomic mass is 16.5. The van der Waals surface area contributed by atoms with Gasteiger partial charge in [0, 0.05) is 22.5 Å². The molecule has 1 heterocycles. The van der Waals surface area contributed by atoms with Crippen LogP contribution in [0.4, 0.5) is 0 Å². The van der Waals surface area contributed by atoms with Crippen LogP contribution in [0.3, 0.4) is 0 Å². The molecule has 0 aliphatic rings. The first-order valence-corrected chi connectivity index (χ1v) is 9.91. The van der Waals surface area contributed by atoms with Crippen LogP contribution in [0.25, 0.3) is 0 Å². The summed E-state index contributed by atoms with van der Waals surface area (Å²) in [5, 5.41) is 0. The van der Waals surface area contributed by atoms with Crippen molar-refractivity contribution in [2.75, 3.05) is 13.7 Å². The van der Waals surface area contributed by atoms with Gasteiger partial charge in [0.2, 0.25) is 5.78 Å². The summed E-state index contributed by atoms with van der Waals surface area (Å²) >= 11 is 0. The number of aromatic nitrogens is 1. The van der Waals surface area contributed by atoms with Gasteiger partial charge in [0.1, 0.15) is 0 Å². The fraction of sp³-hybridized carbons (Fsp3) is 0.280. The van der Waals surface area contributed by atoms with Gasteiger partial charge in [0.25, 0.3) is 0 Å². The van der Waals surface area contributed by atoms with E-state index in [1.807, 2.05) is 38.1 Å². The average molecular weight is 405 g/mol. The van der Waals surface area contributed by atoms with Crippen molar-refractivity contribution >= 4 is 11.6 Å². The second-order valence-electron chi connectivity index (χ2n) is 7.38. The van der Waals surface area contributed by atoms with Gasteiger partial charge in [-0.3, -0.25) is 9.59 Å². The van der Waals surface area contributed by atoms with Crippen LogP contribution in [0.5, 0.6) is 11.5 Å². The van der Waals surface area contributed by atoms with Gasteiger partial charge in [-0.25, -0.2) is 0 Å². The predicted octanol–water partition coefficient (Wildman–Crippen LogP) is 5.19. The van der Waals surface area contributed by atoms with E-state index >= 15 is 0 Å². The number of methoxy groups -OCH3 is 1. The summed E-state index contributed by atoms with van der Waals surface area (Å²) in [6.07, 6.45) is 0. The number of ether oxygens (including phenoxy) is 2. The topological polar surface area (TPSA) is 57.5 Å². The highest BCUT2D eigenvalue weighted by Gasteiger charge is 2.20. The molecule has 0 aliphatic carbocycles. The minimum Gasteiger partial charge on any atom is -0.493 e. The van der Waals surface area contributed by atoms with Gasteiger partial charge in [-0.05, 0) is 57.5 Å². The summed E-state index contributed by atoms with van der Waals surface area (Å²) in [6, 6.07) is 17.2. The molecular weight excluding hydrogens is 378 g/mol. The monoisotopic (exact) mass is 405 g/mol. The van der Waals surface area contributed by atoms with Crippen molar-refractivity contribution in [1.82, 2.24) is 4.57 Å². The molecule has 0 saturated heterocycles. The quantitative estimate of drug-likeness (QED) is 0.484. The Bertz CT molecular complexity index is 1070. The Labute approximate surface area is 177 Å². The summed E-state index contributed by atoms with van der Waals surface area (Å²) in [5.74, 6) is 0.698. The Balaban J connectivity index is 1.79. The largest absolute Gasteiger partial charge is 0.493 e. The van der Waals surface area contributed by atoms with E-state index < -0.39 is 0 Å². The molecule has 0 bridgehead atoms. The second kappa shape index (κ2) is 8.99. The van der Waals surface area contributed by atoms with Crippen LogP contribution in [0, 0.1) is 13.8 Å². The summed E-state index contributed by atoms with van der Waals surface area (Å²) in [4.78, 5) is 24.5. The highest BCUT2D eigenvalue weighted by Crippen LogP contribution is 2.29. The molecule has 0 amide bonds. The minimum absolute atomic E-state index is 0.0593. The SMILES string of the molecule is COc1cc(C(C)=O)ccc1OCC(=O)c1cc(C)n(C(C)c2ccccc2)c1C. The Morgan fingerprint density at radius 3 is 2.33 bits per heavy atom. The first kappa shape index (κ1) is 21.4. The number of Topliss-reactive ketones (excluding diaryl/α,β-unsaturated/α-hetero) is 2. The average Bonchev–Trinajstić information content (AvgIpc) is 3.05. The molecule has 156 valence electrons. The van der Waals surface area contributed by atoms with E-state index in [0.717, 1.165) is 11.4 Å². The molecule has 0 fully saturated rings. The first-order chi connectivity index (χ1) is 14.3. The van der Waals surface area contributed by atoms with Gasteiger partial charge in [-0.15, -0.1) is 0 Å². The zero-order chi connectivity index (χ0) is 21.8.